The SMILES string of the molecule is Cc1nc(NC(=O)Cn2ccnn2)ccc1Br. The molecule has 0 spiro atoms. The van der Waals surface area contributed by atoms with Gasteiger partial charge < -0.3 is 5.32 Å². The number of carbonyl (C=O) groups is 1. The molecule has 1 N–H and O–H groups in total. The minimum Gasteiger partial charge on any atom is -0.309 e. The van der Waals surface area contributed by atoms with Crippen molar-refractivity contribution in [3.63, 3.8) is 0 Å². The summed E-state index contributed by atoms with van der Waals surface area (Å²) in [6.45, 7) is 1.98. The molecular formula is C10H10BrN5O. The molecule has 0 unspecified atom stereocenters. The van der Waals surface area contributed by atoms with Gasteiger partial charge in [-0.25, -0.2) is 9.67 Å². The summed E-state index contributed by atoms with van der Waals surface area (Å²) in [7, 11) is 0. The summed E-state index contributed by atoms with van der Waals surface area (Å²) in [5.74, 6) is 0.334. The van der Waals surface area contributed by atoms with Gasteiger partial charge in [-0.05, 0) is 35.0 Å². The molecule has 0 radical (unpaired) electrons. The molecule has 17 heavy (non-hydrogen) atoms. The van der Waals surface area contributed by atoms with Gasteiger partial charge in [0.05, 0.1) is 11.9 Å². The highest BCUT2D eigenvalue weighted by molar-refractivity contribution is 9.10. The van der Waals surface area contributed by atoms with Crippen LogP contribution >= 0.6 is 15.9 Å². The van der Waals surface area contributed by atoms with Crippen molar-refractivity contribution in [1.29, 1.82) is 0 Å². The molecule has 0 bridgehead atoms. The molecule has 0 saturated carbocycles. The van der Waals surface area contributed by atoms with Crippen LogP contribution in [-0.4, -0.2) is 25.9 Å². The summed E-state index contributed by atoms with van der Waals surface area (Å²) in [5.41, 5.74) is 0.823. The average molecular weight is 296 g/mol. The van der Waals surface area contributed by atoms with Crippen LogP contribution in [0.1, 0.15) is 5.69 Å². The van der Waals surface area contributed by atoms with Crippen molar-refractivity contribution >= 4 is 27.7 Å². The maximum atomic E-state index is 11.6. The van der Waals surface area contributed by atoms with Crippen LogP contribution in [0.4, 0.5) is 5.82 Å². The van der Waals surface area contributed by atoms with E-state index in [0.29, 0.717) is 5.82 Å². The fourth-order valence-corrected chi connectivity index (χ4v) is 1.48. The Hall–Kier alpha value is -1.76. The standard InChI is InChI=1S/C10H10BrN5O/c1-7-8(11)2-3-9(13-7)14-10(17)6-16-5-4-12-15-16/h2-5H,6H2,1H3,(H,13,14,17). The summed E-state index contributed by atoms with van der Waals surface area (Å²) < 4.78 is 2.35. The first kappa shape index (κ1) is 11.7. The quantitative estimate of drug-likeness (QED) is 0.928. The Bertz CT molecular complexity index is 525. The Balaban J connectivity index is 2.00. The number of anilines is 1. The van der Waals surface area contributed by atoms with Crippen molar-refractivity contribution in [3.8, 4) is 0 Å². The van der Waals surface area contributed by atoms with Crippen molar-refractivity contribution in [1.82, 2.24) is 20.0 Å². The highest BCUT2D eigenvalue weighted by atomic mass is 79.9. The van der Waals surface area contributed by atoms with Crippen molar-refractivity contribution in [2.75, 3.05) is 5.32 Å². The molecule has 6 nitrogen and oxygen atoms in total. The van der Waals surface area contributed by atoms with E-state index in [1.165, 1.54) is 10.9 Å². The second kappa shape index (κ2) is 5.05. The zero-order chi connectivity index (χ0) is 12.3. The number of nitrogens with one attached hydrogen (secondary N) is 1. The van der Waals surface area contributed by atoms with Crippen LogP contribution in [-0.2, 0) is 11.3 Å². The van der Waals surface area contributed by atoms with Gasteiger partial charge in [0.25, 0.3) is 0 Å². The average Bonchev–Trinajstić information content (AvgIpc) is 2.76. The first-order valence-electron chi connectivity index (χ1n) is 4.92. The first-order valence-corrected chi connectivity index (χ1v) is 5.71. The number of halogens is 1. The van der Waals surface area contributed by atoms with E-state index < -0.39 is 0 Å². The molecule has 0 fully saturated rings. The zero-order valence-electron chi connectivity index (χ0n) is 9.09. The van der Waals surface area contributed by atoms with E-state index in [9.17, 15) is 4.79 Å². The Kier molecular flexibility index (Phi) is 3.48. The molecule has 0 aromatic carbocycles. The summed E-state index contributed by atoms with van der Waals surface area (Å²) in [6, 6.07) is 3.57. The van der Waals surface area contributed by atoms with Gasteiger partial charge in [-0.15, -0.1) is 5.10 Å². The molecule has 2 aromatic rings. The zero-order valence-corrected chi connectivity index (χ0v) is 10.7. The number of nitrogens with zero attached hydrogens (tertiary/aromatic N) is 4. The van der Waals surface area contributed by atoms with Crippen molar-refractivity contribution in [3.05, 3.63) is 34.7 Å². The van der Waals surface area contributed by atoms with E-state index in [0.717, 1.165) is 10.2 Å². The maximum absolute atomic E-state index is 11.6. The molecule has 0 saturated heterocycles. The smallest absolute Gasteiger partial charge is 0.247 e. The van der Waals surface area contributed by atoms with Crippen molar-refractivity contribution in [2.24, 2.45) is 0 Å². The third-order valence-corrected chi connectivity index (χ3v) is 2.90. The van der Waals surface area contributed by atoms with Gasteiger partial charge in [-0.3, -0.25) is 4.79 Å². The number of pyridine rings is 1. The molecule has 1 amide bonds. The summed E-state index contributed by atoms with van der Waals surface area (Å²) >= 11 is 3.35. The van der Waals surface area contributed by atoms with Gasteiger partial charge in [-0.2, -0.15) is 0 Å². The third kappa shape index (κ3) is 3.10. The Labute approximate surface area is 106 Å². The lowest BCUT2D eigenvalue weighted by atomic mass is 10.3. The lowest BCUT2D eigenvalue weighted by molar-refractivity contribution is -0.116. The molecular weight excluding hydrogens is 286 g/mol. The van der Waals surface area contributed by atoms with Crippen LogP contribution in [0.3, 0.4) is 0 Å². The number of hydrogen-bond acceptors (Lipinski definition) is 4. The van der Waals surface area contributed by atoms with E-state index >= 15 is 0 Å². The Morgan fingerprint density at radius 3 is 3.00 bits per heavy atom. The fraction of sp³-hybridized carbons (Fsp3) is 0.200. The molecule has 0 aliphatic carbocycles. The molecule has 0 aliphatic heterocycles. The Morgan fingerprint density at radius 2 is 2.35 bits per heavy atom. The summed E-state index contributed by atoms with van der Waals surface area (Å²) in [5, 5.41) is 10.0. The van der Waals surface area contributed by atoms with Crippen LogP contribution in [0.25, 0.3) is 0 Å². The maximum Gasteiger partial charge on any atom is 0.247 e. The normalized spacial score (nSPS) is 10.2. The minimum atomic E-state index is -0.190. The number of aryl methyl sites for hydroxylation is 1. The second-order valence-electron chi connectivity index (χ2n) is 3.41. The fourth-order valence-electron chi connectivity index (χ4n) is 1.26. The molecule has 88 valence electrons. The highest BCUT2D eigenvalue weighted by Crippen LogP contribution is 2.15. The van der Waals surface area contributed by atoms with Gasteiger partial charge in [0.15, 0.2) is 0 Å². The van der Waals surface area contributed by atoms with E-state index in [4.69, 9.17) is 0 Å². The van der Waals surface area contributed by atoms with E-state index in [-0.39, 0.29) is 12.5 Å². The second-order valence-corrected chi connectivity index (χ2v) is 4.27. The largest absolute Gasteiger partial charge is 0.309 e. The third-order valence-electron chi connectivity index (χ3n) is 2.07. The van der Waals surface area contributed by atoms with Crippen molar-refractivity contribution in [2.45, 2.75) is 13.5 Å². The lowest BCUT2D eigenvalue weighted by Crippen LogP contribution is -2.19. The first-order chi connectivity index (χ1) is 8.15. The number of rotatable bonds is 3. The van der Waals surface area contributed by atoms with Crippen LogP contribution in [0, 0.1) is 6.92 Å². The molecule has 0 aliphatic rings. The predicted octanol–water partition coefficient (Wildman–Crippen LogP) is 1.38. The van der Waals surface area contributed by atoms with Gasteiger partial charge in [-0.1, -0.05) is 5.21 Å². The molecule has 7 heteroatoms. The van der Waals surface area contributed by atoms with Gasteiger partial charge >= 0.3 is 0 Å². The lowest BCUT2D eigenvalue weighted by Gasteiger charge is -2.05. The van der Waals surface area contributed by atoms with Gasteiger partial charge in [0.2, 0.25) is 5.91 Å². The van der Waals surface area contributed by atoms with Gasteiger partial charge in [0, 0.05) is 10.7 Å². The summed E-state index contributed by atoms with van der Waals surface area (Å²) in [6.07, 6.45) is 3.15. The van der Waals surface area contributed by atoms with Crippen LogP contribution < -0.4 is 5.32 Å². The number of aromatic nitrogens is 4. The minimum absolute atomic E-state index is 0.122. The van der Waals surface area contributed by atoms with E-state index in [1.54, 1.807) is 12.3 Å². The highest BCUT2D eigenvalue weighted by Gasteiger charge is 2.05. The molecule has 2 rings (SSSR count). The summed E-state index contributed by atoms with van der Waals surface area (Å²) in [4.78, 5) is 15.8. The molecule has 2 heterocycles. The number of hydrogen-bond donors (Lipinski definition) is 1. The topological polar surface area (TPSA) is 72.7 Å². The van der Waals surface area contributed by atoms with Gasteiger partial charge in [0.1, 0.15) is 12.4 Å². The van der Waals surface area contributed by atoms with Crippen LogP contribution in [0.2, 0.25) is 0 Å². The van der Waals surface area contributed by atoms with E-state index in [1.807, 2.05) is 13.0 Å². The predicted molar refractivity (Wildman–Crippen MR) is 65.3 cm³/mol. The van der Waals surface area contributed by atoms with E-state index in [2.05, 4.69) is 36.5 Å². The molecule has 2 aromatic heterocycles. The Morgan fingerprint density at radius 1 is 1.53 bits per heavy atom. The van der Waals surface area contributed by atoms with Crippen LogP contribution in [0.15, 0.2) is 29.0 Å². The number of carbonyl (C=O) groups excluding carboxylic acids is 1. The monoisotopic (exact) mass is 295 g/mol. The molecule has 0 atom stereocenters. The van der Waals surface area contributed by atoms with Crippen molar-refractivity contribution < 1.29 is 4.79 Å². The van der Waals surface area contributed by atoms with Crippen LogP contribution in [0.5, 0.6) is 0 Å². The number of amides is 1.